The number of rotatable bonds is 3. The molecular weight excluding hydrogens is 316 g/mol. The normalized spacial score (nSPS) is 14.1. The standard InChI is InChI=1S/C18H20N6O/c1-22(2)17-15(6-4-8-21-17)18(25)24-11-9-23(10-12-24)16-14(13-19)5-3-7-20-16/h3-8H,9-12H2,1-2H3. The first-order valence-electron chi connectivity index (χ1n) is 8.13. The van der Waals surface area contributed by atoms with Crippen molar-refractivity contribution < 1.29 is 4.79 Å². The van der Waals surface area contributed by atoms with E-state index in [1.54, 1.807) is 30.6 Å². The molecular formula is C18H20N6O. The summed E-state index contributed by atoms with van der Waals surface area (Å²) in [6, 6.07) is 9.28. The van der Waals surface area contributed by atoms with E-state index in [9.17, 15) is 10.1 Å². The molecule has 7 heteroatoms. The van der Waals surface area contributed by atoms with Crippen LogP contribution in [-0.4, -0.2) is 61.0 Å². The van der Waals surface area contributed by atoms with Gasteiger partial charge in [0.05, 0.1) is 11.1 Å². The molecule has 25 heavy (non-hydrogen) atoms. The Morgan fingerprint density at radius 1 is 1.12 bits per heavy atom. The van der Waals surface area contributed by atoms with E-state index in [2.05, 4.69) is 20.9 Å². The number of amides is 1. The lowest BCUT2D eigenvalue weighted by Gasteiger charge is -2.36. The van der Waals surface area contributed by atoms with Crippen molar-refractivity contribution in [3.8, 4) is 6.07 Å². The molecule has 0 radical (unpaired) electrons. The van der Waals surface area contributed by atoms with Crippen LogP contribution in [0.1, 0.15) is 15.9 Å². The van der Waals surface area contributed by atoms with Crippen LogP contribution in [0.4, 0.5) is 11.6 Å². The van der Waals surface area contributed by atoms with E-state index in [4.69, 9.17) is 0 Å². The van der Waals surface area contributed by atoms with Crippen molar-refractivity contribution >= 4 is 17.5 Å². The first kappa shape index (κ1) is 16.7. The van der Waals surface area contributed by atoms with Crippen LogP contribution >= 0.6 is 0 Å². The van der Waals surface area contributed by atoms with Crippen LogP contribution in [0.2, 0.25) is 0 Å². The minimum atomic E-state index is -0.0158. The molecule has 0 aliphatic carbocycles. The first-order chi connectivity index (χ1) is 12.1. The Morgan fingerprint density at radius 3 is 2.48 bits per heavy atom. The number of aromatic nitrogens is 2. The van der Waals surface area contributed by atoms with Gasteiger partial charge in [0.25, 0.3) is 5.91 Å². The lowest BCUT2D eigenvalue weighted by atomic mass is 10.2. The third-order valence-corrected chi connectivity index (χ3v) is 4.21. The van der Waals surface area contributed by atoms with Gasteiger partial charge >= 0.3 is 0 Å². The monoisotopic (exact) mass is 336 g/mol. The van der Waals surface area contributed by atoms with Gasteiger partial charge in [-0.3, -0.25) is 4.79 Å². The number of pyridine rings is 2. The minimum Gasteiger partial charge on any atom is -0.362 e. The maximum absolute atomic E-state index is 12.9. The van der Waals surface area contributed by atoms with Gasteiger partial charge in [-0.2, -0.15) is 5.26 Å². The maximum Gasteiger partial charge on any atom is 0.257 e. The largest absolute Gasteiger partial charge is 0.362 e. The molecule has 0 N–H and O–H groups in total. The third-order valence-electron chi connectivity index (χ3n) is 4.21. The number of carbonyl (C=O) groups excluding carboxylic acids is 1. The Kier molecular flexibility index (Phi) is 4.80. The van der Waals surface area contributed by atoms with Crippen LogP contribution in [0.25, 0.3) is 0 Å². The van der Waals surface area contributed by atoms with Crippen LogP contribution in [0, 0.1) is 11.3 Å². The molecule has 7 nitrogen and oxygen atoms in total. The molecule has 1 fully saturated rings. The molecule has 0 bridgehead atoms. The van der Waals surface area contributed by atoms with E-state index in [0.29, 0.717) is 48.9 Å². The maximum atomic E-state index is 12.9. The molecule has 0 spiro atoms. The Bertz CT molecular complexity index is 805. The quantitative estimate of drug-likeness (QED) is 0.843. The van der Waals surface area contributed by atoms with Gasteiger partial charge in [-0.05, 0) is 24.3 Å². The SMILES string of the molecule is CN(C)c1ncccc1C(=O)N1CCN(c2ncccc2C#N)CC1. The van der Waals surface area contributed by atoms with Gasteiger partial charge in [-0.15, -0.1) is 0 Å². The highest BCUT2D eigenvalue weighted by Crippen LogP contribution is 2.21. The fourth-order valence-electron chi connectivity index (χ4n) is 2.95. The number of carbonyl (C=O) groups is 1. The smallest absolute Gasteiger partial charge is 0.257 e. The molecule has 3 rings (SSSR count). The van der Waals surface area contributed by atoms with E-state index >= 15 is 0 Å². The van der Waals surface area contributed by atoms with Gasteiger partial charge in [0.15, 0.2) is 0 Å². The fourth-order valence-corrected chi connectivity index (χ4v) is 2.95. The number of piperazine rings is 1. The van der Waals surface area contributed by atoms with Crippen molar-refractivity contribution in [2.45, 2.75) is 0 Å². The van der Waals surface area contributed by atoms with Crippen molar-refractivity contribution in [1.82, 2.24) is 14.9 Å². The van der Waals surface area contributed by atoms with E-state index in [-0.39, 0.29) is 5.91 Å². The first-order valence-corrected chi connectivity index (χ1v) is 8.13. The van der Waals surface area contributed by atoms with Gasteiger partial charge < -0.3 is 14.7 Å². The lowest BCUT2D eigenvalue weighted by molar-refractivity contribution is 0.0747. The van der Waals surface area contributed by atoms with Crippen molar-refractivity contribution in [2.75, 3.05) is 50.1 Å². The molecule has 1 saturated heterocycles. The highest BCUT2D eigenvalue weighted by atomic mass is 16.2. The molecule has 1 aliphatic heterocycles. The number of nitrogens with zero attached hydrogens (tertiary/aromatic N) is 6. The molecule has 2 aromatic heterocycles. The highest BCUT2D eigenvalue weighted by Gasteiger charge is 2.26. The van der Waals surface area contributed by atoms with E-state index < -0.39 is 0 Å². The second-order valence-corrected chi connectivity index (χ2v) is 6.03. The van der Waals surface area contributed by atoms with E-state index in [1.807, 2.05) is 30.0 Å². The van der Waals surface area contributed by atoms with E-state index in [0.717, 1.165) is 0 Å². The van der Waals surface area contributed by atoms with Crippen molar-refractivity contribution in [3.63, 3.8) is 0 Å². The topological polar surface area (TPSA) is 76.4 Å². The van der Waals surface area contributed by atoms with Gasteiger partial charge in [0.1, 0.15) is 17.7 Å². The minimum absolute atomic E-state index is 0.0158. The molecule has 2 aromatic rings. The zero-order chi connectivity index (χ0) is 17.8. The summed E-state index contributed by atoms with van der Waals surface area (Å²) < 4.78 is 0. The number of hydrogen-bond acceptors (Lipinski definition) is 6. The summed E-state index contributed by atoms with van der Waals surface area (Å²) in [5.41, 5.74) is 1.17. The molecule has 128 valence electrons. The van der Waals surface area contributed by atoms with Crippen molar-refractivity contribution in [2.24, 2.45) is 0 Å². The van der Waals surface area contributed by atoms with Crippen LogP contribution in [0.3, 0.4) is 0 Å². The molecule has 0 aromatic carbocycles. The zero-order valence-electron chi connectivity index (χ0n) is 14.4. The number of nitriles is 1. The predicted octanol–water partition coefficient (Wildman–Crippen LogP) is 1.38. The summed E-state index contributed by atoms with van der Waals surface area (Å²) >= 11 is 0. The van der Waals surface area contributed by atoms with Gasteiger partial charge in [-0.25, -0.2) is 9.97 Å². The summed E-state index contributed by atoms with van der Waals surface area (Å²) in [4.78, 5) is 27.2. The number of anilines is 2. The molecule has 1 aliphatic rings. The molecule has 1 amide bonds. The Morgan fingerprint density at radius 2 is 1.80 bits per heavy atom. The Labute approximate surface area is 147 Å². The molecule has 3 heterocycles. The highest BCUT2D eigenvalue weighted by molar-refractivity contribution is 5.99. The average molecular weight is 336 g/mol. The van der Waals surface area contributed by atoms with Crippen LogP contribution in [0.15, 0.2) is 36.7 Å². The van der Waals surface area contributed by atoms with Gasteiger partial charge in [0, 0.05) is 52.7 Å². The summed E-state index contributed by atoms with van der Waals surface area (Å²) in [5, 5.41) is 9.23. The Balaban J connectivity index is 1.73. The lowest BCUT2D eigenvalue weighted by Crippen LogP contribution is -2.49. The Hall–Kier alpha value is -3.14. The second kappa shape index (κ2) is 7.18. The molecule has 0 saturated carbocycles. The molecule has 0 unspecified atom stereocenters. The van der Waals surface area contributed by atoms with Crippen molar-refractivity contribution in [3.05, 3.63) is 47.8 Å². The summed E-state index contributed by atoms with van der Waals surface area (Å²) in [7, 11) is 3.75. The number of hydrogen-bond donors (Lipinski definition) is 0. The summed E-state index contributed by atoms with van der Waals surface area (Å²) in [6.07, 6.45) is 3.38. The second-order valence-electron chi connectivity index (χ2n) is 6.03. The third kappa shape index (κ3) is 3.38. The van der Waals surface area contributed by atoms with Crippen LogP contribution in [-0.2, 0) is 0 Å². The van der Waals surface area contributed by atoms with Crippen LogP contribution < -0.4 is 9.80 Å². The predicted molar refractivity (Wildman–Crippen MR) is 95.6 cm³/mol. The van der Waals surface area contributed by atoms with Crippen LogP contribution in [0.5, 0.6) is 0 Å². The van der Waals surface area contributed by atoms with E-state index in [1.165, 1.54) is 0 Å². The zero-order valence-corrected chi connectivity index (χ0v) is 14.4. The summed E-state index contributed by atoms with van der Waals surface area (Å²) in [5.74, 6) is 1.34. The summed E-state index contributed by atoms with van der Waals surface area (Å²) in [6.45, 7) is 2.47. The van der Waals surface area contributed by atoms with Crippen molar-refractivity contribution in [1.29, 1.82) is 5.26 Å². The van der Waals surface area contributed by atoms with Gasteiger partial charge in [0.2, 0.25) is 0 Å². The fraction of sp³-hybridized carbons (Fsp3) is 0.333. The van der Waals surface area contributed by atoms with Gasteiger partial charge in [-0.1, -0.05) is 0 Å². The molecule has 0 atom stereocenters. The average Bonchev–Trinajstić information content (AvgIpc) is 2.67.